The summed E-state index contributed by atoms with van der Waals surface area (Å²) in [6.07, 6.45) is 6.75. The molecule has 5 heteroatoms. The molecule has 0 fully saturated rings. The van der Waals surface area contributed by atoms with Gasteiger partial charge in [-0.25, -0.2) is 4.79 Å². The maximum absolute atomic E-state index is 11.7. The number of carboxylic acid groups (broad SMARTS) is 1. The van der Waals surface area contributed by atoms with Crippen molar-refractivity contribution >= 4 is 11.8 Å². The fraction of sp³-hybridized carbons (Fsp3) is 0.433. The zero-order valence-electron chi connectivity index (χ0n) is 46.5. The van der Waals surface area contributed by atoms with Crippen LogP contribution in [0.15, 0.2) is 121 Å². The minimum absolute atomic E-state index is 0.0456. The van der Waals surface area contributed by atoms with Gasteiger partial charge in [-0.05, 0) is 187 Å². The summed E-state index contributed by atoms with van der Waals surface area (Å²) in [6, 6.07) is 42.5. The van der Waals surface area contributed by atoms with Crippen molar-refractivity contribution in [2.24, 2.45) is 10.8 Å². The SMILES string of the molecule is CCC(CC)(c1ccc(CCC(O)C(C)(C)C)c(C)c1)c1ccc(-c2ccc(C(=O)O)cc2)c(C)c1.CCC(CC)(c1ccc(CCC(O)C(C)(C)C)c(C)c1)c1ccc(-c2ccc(C(C)=O)cc2)c(C)c1. The molecule has 0 aliphatic carbocycles. The van der Waals surface area contributed by atoms with Crippen LogP contribution in [0.3, 0.4) is 0 Å². The molecule has 0 aromatic heterocycles. The molecule has 0 spiro atoms. The Morgan fingerprint density at radius 3 is 1.01 bits per heavy atom. The highest BCUT2D eigenvalue weighted by atomic mass is 16.4. The summed E-state index contributed by atoms with van der Waals surface area (Å²) in [6.45, 7) is 32.0. The number of carboxylic acids is 1. The number of aliphatic hydroxyl groups excluding tert-OH is 2. The average molecular weight is 971 g/mol. The van der Waals surface area contributed by atoms with E-state index in [4.69, 9.17) is 0 Å². The highest BCUT2D eigenvalue weighted by Crippen LogP contribution is 2.43. The van der Waals surface area contributed by atoms with E-state index in [9.17, 15) is 24.9 Å². The van der Waals surface area contributed by atoms with Crippen LogP contribution < -0.4 is 0 Å². The number of ketones is 1. The fourth-order valence-corrected chi connectivity index (χ4v) is 10.7. The minimum Gasteiger partial charge on any atom is -0.478 e. The van der Waals surface area contributed by atoms with Gasteiger partial charge in [0.2, 0.25) is 0 Å². The Hall–Kier alpha value is -5.62. The number of hydrogen-bond donors (Lipinski definition) is 3. The van der Waals surface area contributed by atoms with Gasteiger partial charge in [0.05, 0.1) is 17.8 Å². The quantitative estimate of drug-likeness (QED) is 0.0746. The maximum Gasteiger partial charge on any atom is 0.335 e. The topological polar surface area (TPSA) is 94.8 Å². The summed E-state index contributed by atoms with van der Waals surface area (Å²) in [5, 5.41) is 30.2. The van der Waals surface area contributed by atoms with Crippen molar-refractivity contribution in [3.8, 4) is 22.3 Å². The molecule has 5 nitrogen and oxygen atoms in total. The van der Waals surface area contributed by atoms with Crippen molar-refractivity contribution in [2.45, 2.75) is 178 Å². The molecule has 6 rings (SSSR count). The third kappa shape index (κ3) is 13.1. The van der Waals surface area contributed by atoms with E-state index in [0.29, 0.717) is 5.56 Å². The standard InChI is InChI=1S/C34H44O2.C33H42O3/c1-9-34(10-2,29-17-15-26(23(3)21-29)16-20-32(36)33(6,7)8)30-18-19-31(24(4)22-30)28-13-11-27(12-14-28)25(5)35;1-8-33(9-2,27-16-14-24(22(3)20-27)15-19-30(34)32(5,6)7)28-17-18-29(23(4)21-28)25-10-12-26(13-11-25)31(35)36/h11-15,17-19,21-22,32,36H,9-10,16,20H2,1-8H3;10-14,16-18,20-21,30,34H,8-9,15,19H2,1-7H3,(H,35,36). The van der Waals surface area contributed by atoms with E-state index >= 15 is 0 Å². The van der Waals surface area contributed by atoms with Gasteiger partial charge in [0.1, 0.15) is 0 Å². The molecule has 6 aromatic carbocycles. The molecule has 0 saturated carbocycles. The third-order valence-corrected chi connectivity index (χ3v) is 16.2. The van der Waals surface area contributed by atoms with Crippen LogP contribution in [-0.4, -0.2) is 39.3 Å². The molecule has 0 aliphatic rings. The lowest BCUT2D eigenvalue weighted by molar-refractivity contribution is 0.0559. The number of benzene rings is 6. The number of rotatable bonds is 18. The fourth-order valence-electron chi connectivity index (χ4n) is 10.7. The lowest BCUT2D eigenvalue weighted by Crippen LogP contribution is -2.27. The van der Waals surface area contributed by atoms with Gasteiger partial charge in [-0.2, -0.15) is 0 Å². The van der Waals surface area contributed by atoms with Crippen LogP contribution in [0, 0.1) is 38.5 Å². The number of aliphatic hydroxyl groups is 2. The monoisotopic (exact) mass is 971 g/mol. The minimum atomic E-state index is -0.906. The van der Waals surface area contributed by atoms with Gasteiger partial charge in [-0.3, -0.25) is 4.79 Å². The second-order valence-corrected chi connectivity index (χ2v) is 22.8. The lowest BCUT2D eigenvalue weighted by Gasteiger charge is -2.34. The van der Waals surface area contributed by atoms with Gasteiger partial charge < -0.3 is 15.3 Å². The van der Waals surface area contributed by atoms with Gasteiger partial charge in [-0.15, -0.1) is 0 Å². The highest BCUT2D eigenvalue weighted by Gasteiger charge is 2.33. The number of Topliss-reactive ketones (excluding diaryl/α,β-unsaturated/α-hetero) is 1. The largest absolute Gasteiger partial charge is 0.478 e. The number of aryl methyl sites for hydroxylation is 6. The lowest BCUT2D eigenvalue weighted by atomic mass is 9.69. The van der Waals surface area contributed by atoms with Gasteiger partial charge >= 0.3 is 5.97 Å². The second-order valence-electron chi connectivity index (χ2n) is 22.8. The number of carbonyl (C=O) groups excluding carboxylic acids is 1. The third-order valence-electron chi connectivity index (χ3n) is 16.2. The van der Waals surface area contributed by atoms with E-state index in [1.807, 2.05) is 36.4 Å². The first-order valence-corrected chi connectivity index (χ1v) is 26.6. The van der Waals surface area contributed by atoms with E-state index in [1.165, 1.54) is 61.2 Å². The summed E-state index contributed by atoms with van der Waals surface area (Å²) in [5.74, 6) is -0.813. The first kappa shape index (κ1) is 57.3. The van der Waals surface area contributed by atoms with Crippen LogP contribution in [0.1, 0.15) is 191 Å². The van der Waals surface area contributed by atoms with Crippen LogP contribution in [0.4, 0.5) is 0 Å². The van der Waals surface area contributed by atoms with E-state index in [0.717, 1.165) is 73.6 Å². The van der Waals surface area contributed by atoms with Crippen LogP contribution >= 0.6 is 0 Å². The van der Waals surface area contributed by atoms with Crippen molar-refractivity contribution in [2.75, 3.05) is 0 Å². The molecular formula is C67H86O5. The van der Waals surface area contributed by atoms with E-state index < -0.39 is 5.97 Å². The molecule has 0 bridgehead atoms. The molecule has 0 radical (unpaired) electrons. The van der Waals surface area contributed by atoms with Crippen LogP contribution in [-0.2, 0) is 23.7 Å². The predicted molar refractivity (Wildman–Crippen MR) is 303 cm³/mol. The van der Waals surface area contributed by atoms with Gasteiger partial charge in [-0.1, -0.05) is 178 Å². The van der Waals surface area contributed by atoms with Crippen molar-refractivity contribution in [3.63, 3.8) is 0 Å². The van der Waals surface area contributed by atoms with Crippen molar-refractivity contribution < 1.29 is 24.9 Å². The Morgan fingerprint density at radius 1 is 0.444 bits per heavy atom. The Balaban J connectivity index is 0.000000267. The number of carbonyl (C=O) groups is 2. The van der Waals surface area contributed by atoms with Crippen LogP contribution in [0.5, 0.6) is 0 Å². The predicted octanol–water partition coefficient (Wildman–Crippen LogP) is 16.7. The van der Waals surface area contributed by atoms with Gasteiger partial charge in [0.15, 0.2) is 5.78 Å². The first-order chi connectivity index (χ1) is 33.8. The molecule has 384 valence electrons. The molecule has 2 atom stereocenters. The molecule has 6 aromatic rings. The van der Waals surface area contributed by atoms with E-state index in [1.54, 1.807) is 19.1 Å². The zero-order chi connectivity index (χ0) is 53.3. The molecule has 0 aliphatic heterocycles. The Labute approximate surface area is 434 Å². The maximum atomic E-state index is 11.7. The number of aromatic carboxylic acids is 1. The van der Waals surface area contributed by atoms with E-state index in [-0.39, 0.29) is 39.7 Å². The molecule has 3 N–H and O–H groups in total. The molecule has 72 heavy (non-hydrogen) atoms. The second kappa shape index (κ2) is 23.9. The zero-order valence-corrected chi connectivity index (χ0v) is 46.5. The smallest absolute Gasteiger partial charge is 0.335 e. The highest BCUT2D eigenvalue weighted by molar-refractivity contribution is 5.94. The first-order valence-electron chi connectivity index (χ1n) is 26.6. The molecular weight excluding hydrogens is 885 g/mol. The summed E-state index contributed by atoms with van der Waals surface area (Å²) in [4.78, 5) is 22.9. The molecule has 0 amide bonds. The number of hydrogen-bond acceptors (Lipinski definition) is 4. The van der Waals surface area contributed by atoms with Crippen LogP contribution in [0.25, 0.3) is 22.3 Å². The van der Waals surface area contributed by atoms with Gasteiger partial charge in [0.25, 0.3) is 0 Å². The summed E-state index contributed by atoms with van der Waals surface area (Å²) in [5.41, 5.74) is 18.2. The summed E-state index contributed by atoms with van der Waals surface area (Å²) >= 11 is 0. The normalized spacial score (nSPS) is 13.0. The Morgan fingerprint density at radius 2 is 0.750 bits per heavy atom. The van der Waals surface area contributed by atoms with Crippen molar-refractivity contribution in [1.29, 1.82) is 0 Å². The van der Waals surface area contributed by atoms with Crippen LogP contribution in [0.2, 0.25) is 0 Å². The average Bonchev–Trinajstić information content (AvgIpc) is 3.34. The Kier molecular flexibility index (Phi) is 19.1. The molecule has 0 heterocycles. The molecule has 2 unspecified atom stereocenters. The van der Waals surface area contributed by atoms with Gasteiger partial charge in [0, 0.05) is 16.4 Å². The summed E-state index contributed by atoms with van der Waals surface area (Å²) < 4.78 is 0. The Bertz CT molecular complexity index is 2580. The molecule has 0 saturated heterocycles. The van der Waals surface area contributed by atoms with E-state index in [2.05, 4.69) is 170 Å². The summed E-state index contributed by atoms with van der Waals surface area (Å²) in [7, 11) is 0. The van der Waals surface area contributed by atoms with Crippen molar-refractivity contribution in [3.05, 3.63) is 188 Å². The van der Waals surface area contributed by atoms with Crippen molar-refractivity contribution in [1.82, 2.24) is 0 Å².